The van der Waals surface area contributed by atoms with Crippen molar-refractivity contribution in [3.05, 3.63) is 53.6 Å². The number of fused-ring (bicyclic) bond motifs is 1. The normalized spacial score (nSPS) is 20.8. The summed E-state index contributed by atoms with van der Waals surface area (Å²) in [4.78, 5) is 17.5. The largest absolute Gasteiger partial charge is 0.490 e. The molecule has 0 spiro atoms. The number of piperazine rings is 1. The standard InChI is InChI=1S/C24H28N2O5/c27-24(20-5-1-2-6-21(20)29-16-19-4-3-13-28-19)26-11-9-25(10-12-26)15-18-7-8-22-23(14-18)31-17-30-22/h1-2,5-8,14,19H,3-4,9-13,15-17H2/t19-/m1/s1. The fourth-order valence-electron chi connectivity index (χ4n) is 4.30. The van der Waals surface area contributed by atoms with Gasteiger partial charge in [0.05, 0.1) is 11.7 Å². The van der Waals surface area contributed by atoms with Gasteiger partial charge in [0.2, 0.25) is 6.79 Å². The van der Waals surface area contributed by atoms with Gasteiger partial charge in [-0.2, -0.15) is 0 Å². The maximum atomic E-state index is 13.2. The first-order valence-corrected chi connectivity index (χ1v) is 11.0. The minimum atomic E-state index is 0.0330. The van der Waals surface area contributed by atoms with E-state index in [1.54, 1.807) is 0 Å². The predicted octanol–water partition coefficient (Wildman–Crippen LogP) is 2.93. The van der Waals surface area contributed by atoms with Crippen molar-refractivity contribution in [2.24, 2.45) is 0 Å². The van der Waals surface area contributed by atoms with E-state index in [1.807, 2.05) is 41.3 Å². The topological polar surface area (TPSA) is 60.5 Å². The first-order valence-electron chi connectivity index (χ1n) is 11.0. The number of hydrogen-bond acceptors (Lipinski definition) is 6. The van der Waals surface area contributed by atoms with E-state index >= 15 is 0 Å². The third kappa shape index (κ3) is 4.62. The molecule has 7 nitrogen and oxygen atoms in total. The third-order valence-electron chi connectivity index (χ3n) is 6.07. The zero-order chi connectivity index (χ0) is 21.0. The van der Waals surface area contributed by atoms with Gasteiger partial charge in [-0.3, -0.25) is 9.69 Å². The molecular weight excluding hydrogens is 396 g/mol. The monoisotopic (exact) mass is 424 g/mol. The first-order chi connectivity index (χ1) is 15.3. The first kappa shape index (κ1) is 20.2. The Balaban J connectivity index is 1.16. The highest BCUT2D eigenvalue weighted by atomic mass is 16.7. The van der Waals surface area contributed by atoms with E-state index in [0.29, 0.717) is 37.8 Å². The predicted molar refractivity (Wildman–Crippen MR) is 115 cm³/mol. The lowest BCUT2D eigenvalue weighted by Crippen LogP contribution is -2.48. The van der Waals surface area contributed by atoms with Crippen molar-refractivity contribution in [1.82, 2.24) is 9.80 Å². The number of amides is 1. The number of rotatable bonds is 6. The van der Waals surface area contributed by atoms with E-state index in [4.69, 9.17) is 18.9 Å². The number of para-hydroxylation sites is 1. The van der Waals surface area contributed by atoms with Gasteiger partial charge in [0.15, 0.2) is 11.5 Å². The van der Waals surface area contributed by atoms with E-state index in [9.17, 15) is 4.79 Å². The van der Waals surface area contributed by atoms with Crippen molar-refractivity contribution < 1.29 is 23.7 Å². The molecule has 0 radical (unpaired) electrons. The molecule has 0 saturated carbocycles. The molecule has 0 aliphatic carbocycles. The lowest BCUT2D eigenvalue weighted by molar-refractivity contribution is 0.0593. The summed E-state index contributed by atoms with van der Waals surface area (Å²) in [7, 11) is 0. The minimum absolute atomic E-state index is 0.0330. The fourth-order valence-corrected chi connectivity index (χ4v) is 4.30. The highest BCUT2D eigenvalue weighted by Crippen LogP contribution is 2.33. The highest BCUT2D eigenvalue weighted by Gasteiger charge is 2.25. The molecular formula is C24H28N2O5. The SMILES string of the molecule is O=C(c1ccccc1OC[C@H]1CCCO1)N1CCN(Cc2ccc3c(c2)OCO3)CC1. The van der Waals surface area contributed by atoms with Crippen molar-refractivity contribution in [3.63, 3.8) is 0 Å². The Kier molecular flexibility index (Phi) is 5.95. The molecule has 2 saturated heterocycles. The zero-order valence-electron chi connectivity index (χ0n) is 17.6. The lowest BCUT2D eigenvalue weighted by atomic mass is 10.1. The third-order valence-corrected chi connectivity index (χ3v) is 6.07. The van der Waals surface area contributed by atoms with Crippen LogP contribution in [0.15, 0.2) is 42.5 Å². The van der Waals surface area contributed by atoms with Crippen LogP contribution in [-0.4, -0.2) is 68.0 Å². The molecule has 0 bridgehead atoms. The lowest BCUT2D eigenvalue weighted by Gasteiger charge is -2.35. The molecule has 1 atom stereocenters. The Morgan fingerprint density at radius 2 is 1.87 bits per heavy atom. The molecule has 7 heteroatoms. The Hall–Kier alpha value is -2.77. The van der Waals surface area contributed by atoms with Crippen LogP contribution in [0.1, 0.15) is 28.8 Å². The van der Waals surface area contributed by atoms with Crippen LogP contribution < -0.4 is 14.2 Å². The molecule has 3 aliphatic rings. The summed E-state index contributed by atoms with van der Waals surface area (Å²) in [5.41, 5.74) is 1.82. The summed E-state index contributed by atoms with van der Waals surface area (Å²) in [6.45, 7) is 5.47. The van der Waals surface area contributed by atoms with Crippen LogP contribution in [0.25, 0.3) is 0 Å². The van der Waals surface area contributed by atoms with Crippen LogP contribution >= 0.6 is 0 Å². The van der Waals surface area contributed by atoms with Gasteiger partial charge in [-0.1, -0.05) is 18.2 Å². The summed E-state index contributed by atoms with van der Waals surface area (Å²) in [5.74, 6) is 2.29. The van der Waals surface area contributed by atoms with Crippen molar-refractivity contribution >= 4 is 5.91 Å². The molecule has 1 amide bonds. The average Bonchev–Trinajstić information content (AvgIpc) is 3.50. The van der Waals surface area contributed by atoms with E-state index in [-0.39, 0.29) is 12.0 Å². The number of benzene rings is 2. The van der Waals surface area contributed by atoms with Crippen LogP contribution in [-0.2, 0) is 11.3 Å². The quantitative estimate of drug-likeness (QED) is 0.711. The Morgan fingerprint density at radius 1 is 1.03 bits per heavy atom. The van der Waals surface area contributed by atoms with Gasteiger partial charge in [0.25, 0.3) is 5.91 Å². The Morgan fingerprint density at radius 3 is 2.71 bits per heavy atom. The van der Waals surface area contributed by atoms with Gasteiger partial charge >= 0.3 is 0 Å². The second-order valence-electron chi connectivity index (χ2n) is 8.20. The molecule has 0 unspecified atom stereocenters. The van der Waals surface area contributed by atoms with E-state index in [2.05, 4.69) is 11.0 Å². The maximum absolute atomic E-state index is 13.2. The van der Waals surface area contributed by atoms with Crippen molar-refractivity contribution in [2.45, 2.75) is 25.5 Å². The summed E-state index contributed by atoms with van der Waals surface area (Å²) in [6, 6.07) is 13.6. The van der Waals surface area contributed by atoms with E-state index in [1.165, 1.54) is 5.56 Å². The van der Waals surface area contributed by atoms with E-state index < -0.39 is 0 Å². The molecule has 31 heavy (non-hydrogen) atoms. The van der Waals surface area contributed by atoms with Crippen LogP contribution in [0.4, 0.5) is 0 Å². The molecule has 3 heterocycles. The number of hydrogen-bond donors (Lipinski definition) is 0. The van der Waals surface area contributed by atoms with Gasteiger partial charge in [-0.25, -0.2) is 0 Å². The fraction of sp³-hybridized carbons (Fsp3) is 0.458. The van der Waals surface area contributed by atoms with Crippen LogP contribution in [0.3, 0.4) is 0 Å². The van der Waals surface area contributed by atoms with Crippen LogP contribution in [0.5, 0.6) is 17.2 Å². The summed E-state index contributed by atoms with van der Waals surface area (Å²) < 4.78 is 22.5. The summed E-state index contributed by atoms with van der Waals surface area (Å²) in [5, 5.41) is 0. The van der Waals surface area contributed by atoms with Crippen molar-refractivity contribution in [3.8, 4) is 17.2 Å². The molecule has 5 rings (SSSR count). The Labute approximate surface area is 182 Å². The van der Waals surface area contributed by atoms with Gasteiger partial charge in [0, 0.05) is 39.3 Å². The number of nitrogens with zero attached hydrogens (tertiary/aromatic N) is 2. The van der Waals surface area contributed by atoms with Gasteiger partial charge in [0.1, 0.15) is 12.4 Å². The van der Waals surface area contributed by atoms with Gasteiger partial charge in [-0.15, -0.1) is 0 Å². The summed E-state index contributed by atoms with van der Waals surface area (Å²) >= 11 is 0. The van der Waals surface area contributed by atoms with Crippen molar-refractivity contribution in [1.29, 1.82) is 0 Å². The summed E-state index contributed by atoms with van der Waals surface area (Å²) in [6.07, 6.45) is 2.22. The molecule has 2 aromatic rings. The second-order valence-corrected chi connectivity index (χ2v) is 8.20. The zero-order valence-corrected chi connectivity index (χ0v) is 17.6. The van der Waals surface area contributed by atoms with Gasteiger partial charge < -0.3 is 23.8 Å². The van der Waals surface area contributed by atoms with Gasteiger partial charge in [-0.05, 0) is 42.7 Å². The van der Waals surface area contributed by atoms with E-state index in [0.717, 1.165) is 50.6 Å². The number of ether oxygens (including phenoxy) is 4. The molecule has 2 fully saturated rings. The van der Waals surface area contributed by atoms with Crippen LogP contribution in [0.2, 0.25) is 0 Å². The molecule has 3 aliphatic heterocycles. The van der Waals surface area contributed by atoms with Crippen LogP contribution in [0, 0.1) is 0 Å². The second kappa shape index (κ2) is 9.16. The highest BCUT2D eigenvalue weighted by molar-refractivity contribution is 5.97. The molecule has 0 N–H and O–H groups in total. The smallest absolute Gasteiger partial charge is 0.257 e. The molecule has 164 valence electrons. The minimum Gasteiger partial charge on any atom is -0.490 e. The Bertz CT molecular complexity index is 920. The molecule has 2 aromatic carbocycles. The maximum Gasteiger partial charge on any atom is 0.257 e. The van der Waals surface area contributed by atoms with Crippen molar-refractivity contribution in [2.75, 3.05) is 46.2 Å². The number of carbonyl (C=O) groups excluding carboxylic acids is 1. The average molecular weight is 424 g/mol. The number of carbonyl (C=O) groups is 1. The molecule has 0 aromatic heterocycles.